The summed E-state index contributed by atoms with van der Waals surface area (Å²) in [5, 5.41) is 7.99. The third-order valence-electron chi connectivity index (χ3n) is 7.49. The molecule has 0 radical (unpaired) electrons. The molecule has 1 saturated heterocycles. The molecule has 0 spiro atoms. The number of methoxy groups -OCH3 is 1. The maximum atomic E-state index is 6.00. The highest BCUT2D eigenvalue weighted by Gasteiger charge is 2.26. The summed E-state index contributed by atoms with van der Waals surface area (Å²) in [4.78, 5) is 14.6. The summed E-state index contributed by atoms with van der Waals surface area (Å²) in [6.45, 7) is 7.59. The third kappa shape index (κ3) is 5.65. The van der Waals surface area contributed by atoms with Gasteiger partial charge in [-0.15, -0.1) is 0 Å². The van der Waals surface area contributed by atoms with Crippen LogP contribution in [0.5, 0.6) is 5.75 Å². The van der Waals surface area contributed by atoms with Gasteiger partial charge < -0.3 is 20.7 Å². The van der Waals surface area contributed by atoms with E-state index in [9.17, 15) is 0 Å². The summed E-state index contributed by atoms with van der Waals surface area (Å²) < 4.78 is 7.58. The van der Waals surface area contributed by atoms with Crippen molar-refractivity contribution in [2.45, 2.75) is 25.9 Å². The molecule has 3 N–H and O–H groups in total. The van der Waals surface area contributed by atoms with Crippen LogP contribution in [-0.4, -0.2) is 71.0 Å². The number of hydrogen-bond donors (Lipinski definition) is 2. The molecule has 1 aliphatic carbocycles. The quantitative estimate of drug-likeness (QED) is 0.334. The van der Waals surface area contributed by atoms with Gasteiger partial charge in [0, 0.05) is 75.0 Å². The molecule has 4 aromatic rings. The zero-order valence-electron chi connectivity index (χ0n) is 22.0. The molecule has 0 amide bonds. The lowest BCUT2D eigenvalue weighted by Gasteiger charge is -2.26. The Labute approximate surface area is 223 Å². The Morgan fingerprint density at radius 1 is 1.03 bits per heavy atom. The number of anilines is 2. The Morgan fingerprint density at radius 2 is 1.89 bits per heavy atom. The van der Waals surface area contributed by atoms with Crippen LogP contribution in [0.25, 0.3) is 22.3 Å². The minimum Gasteiger partial charge on any atom is -0.497 e. The summed E-state index contributed by atoms with van der Waals surface area (Å²) in [6, 6.07) is 12.6. The summed E-state index contributed by atoms with van der Waals surface area (Å²) in [7, 11) is 1.70. The van der Waals surface area contributed by atoms with E-state index >= 15 is 0 Å². The molecule has 1 saturated carbocycles. The molecule has 38 heavy (non-hydrogen) atoms. The van der Waals surface area contributed by atoms with Gasteiger partial charge in [-0.25, -0.2) is 4.98 Å². The number of nitrogens with two attached hydrogens (primary N) is 1. The number of aromatic nitrogens is 4. The zero-order chi connectivity index (χ0) is 25.9. The standard InChI is InChI=1S/C29H36N8O/c1-38-26-13-22(16-30)12-25(14-26)37(19-21-2-3-21)24-4-5-27-28(15-24)34-29(18-32-27)23-17-33-36(20-23)11-10-35-8-6-31-7-9-35/h4-5,12-15,17-18,20-21,31H,2-3,6-11,16,19,30H2,1H3. The number of rotatable bonds is 10. The number of hydrogen-bond acceptors (Lipinski definition) is 8. The van der Waals surface area contributed by atoms with Crippen LogP contribution in [-0.2, 0) is 13.1 Å². The van der Waals surface area contributed by atoms with Crippen LogP contribution < -0.4 is 20.7 Å². The average Bonchev–Trinajstić information content (AvgIpc) is 3.68. The molecule has 2 aromatic carbocycles. The zero-order valence-corrected chi connectivity index (χ0v) is 22.0. The predicted molar refractivity (Wildman–Crippen MR) is 151 cm³/mol. The van der Waals surface area contributed by atoms with Crippen molar-refractivity contribution in [1.29, 1.82) is 0 Å². The van der Waals surface area contributed by atoms with Gasteiger partial charge in [0.1, 0.15) is 5.75 Å². The minimum absolute atomic E-state index is 0.469. The molecule has 198 valence electrons. The van der Waals surface area contributed by atoms with Crippen LogP contribution in [0.15, 0.2) is 55.0 Å². The number of benzene rings is 2. The Kier molecular flexibility index (Phi) is 7.22. The van der Waals surface area contributed by atoms with E-state index in [-0.39, 0.29) is 0 Å². The first-order valence-corrected chi connectivity index (χ1v) is 13.6. The van der Waals surface area contributed by atoms with Crippen LogP contribution in [0, 0.1) is 5.92 Å². The van der Waals surface area contributed by atoms with Crippen molar-refractivity contribution in [1.82, 2.24) is 30.0 Å². The second kappa shape index (κ2) is 11.1. The van der Waals surface area contributed by atoms with Crippen LogP contribution in [0.3, 0.4) is 0 Å². The van der Waals surface area contributed by atoms with Crippen molar-refractivity contribution in [2.24, 2.45) is 11.7 Å². The molecule has 1 aliphatic heterocycles. The molecular formula is C29H36N8O. The van der Waals surface area contributed by atoms with E-state index in [2.05, 4.69) is 56.7 Å². The van der Waals surface area contributed by atoms with Crippen LogP contribution in [0.1, 0.15) is 18.4 Å². The molecule has 2 aromatic heterocycles. The second-order valence-corrected chi connectivity index (χ2v) is 10.3. The highest BCUT2D eigenvalue weighted by molar-refractivity contribution is 5.82. The lowest BCUT2D eigenvalue weighted by molar-refractivity contribution is 0.229. The van der Waals surface area contributed by atoms with Crippen LogP contribution in [0.4, 0.5) is 11.4 Å². The highest BCUT2D eigenvalue weighted by Crippen LogP contribution is 2.37. The molecule has 3 heterocycles. The van der Waals surface area contributed by atoms with Crippen LogP contribution >= 0.6 is 0 Å². The van der Waals surface area contributed by atoms with Gasteiger partial charge in [-0.1, -0.05) is 0 Å². The third-order valence-corrected chi connectivity index (χ3v) is 7.49. The van der Waals surface area contributed by atoms with Gasteiger partial charge in [-0.2, -0.15) is 5.10 Å². The first-order chi connectivity index (χ1) is 18.7. The average molecular weight is 513 g/mol. The maximum Gasteiger partial charge on any atom is 0.121 e. The van der Waals surface area contributed by atoms with Crippen molar-refractivity contribution in [3.05, 3.63) is 60.6 Å². The van der Waals surface area contributed by atoms with E-state index in [0.717, 1.165) is 90.8 Å². The fourth-order valence-electron chi connectivity index (χ4n) is 5.06. The molecule has 2 aliphatic rings. The minimum atomic E-state index is 0.469. The van der Waals surface area contributed by atoms with Crippen molar-refractivity contribution in [2.75, 3.05) is 51.3 Å². The second-order valence-electron chi connectivity index (χ2n) is 10.3. The van der Waals surface area contributed by atoms with Gasteiger partial charge in [0.25, 0.3) is 0 Å². The van der Waals surface area contributed by atoms with E-state index < -0.39 is 0 Å². The van der Waals surface area contributed by atoms with E-state index in [1.54, 1.807) is 7.11 Å². The Hall–Kier alpha value is -3.53. The van der Waals surface area contributed by atoms with Gasteiger partial charge in [0.05, 0.1) is 42.8 Å². The molecule has 6 rings (SSSR count). The highest BCUT2D eigenvalue weighted by atomic mass is 16.5. The normalized spacial score (nSPS) is 16.2. The van der Waals surface area contributed by atoms with Crippen molar-refractivity contribution in [3.8, 4) is 17.0 Å². The van der Waals surface area contributed by atoms with Gasteiger partial charge >= 0.3 is 0 Å². The predicted octanol–water partition coefficient (Wildman–Crippen LogP) is 3.41. The fourth-order valence-corrected chi connectivity index (χ4v) is 5.06. The number of ether oxygens (including phenoxy) is 1. The van der Waals surface area contributed by atoms with Gasteiger partial charge in [-0.3, -0.25) is 14.6 Å². The van der Waals surface area contributed by atoms with Crippen molar-refractivity contribution in [3.63, 3.8) is 0 Å². The SMILES string of the molecule is COc1cc(CN)cc(N(CC2CC2)c2ccc3ncc(-c4cnn(CCN5CCNCC5)c4)nc3c2)c1. The first kappa shape index (κ1) is 24.8. The molecule has 0 atom stereocenters. The first-order valence-electron chi connectivity index (χ1n) is 13.6. The largest absolute Gasteiger partial charge is 0.497 e. The Bertz CT molecular complexity index is 1370. The number of nitrogens with one attached hydrogen (secondary N) is 1. The number of piperazine rings is 1. The van der Waals surface area contributed by atoms with Crippen molar-refractivity contribution >= 4 is 22.4 Å². The lowest BCUT2D eigenvalue weighted by atomic mass is 10.1. The maximum absolute atomic E-state index is 6.00. The van der Waals surface area contributed by atoms with E-state index in [1.807, 2.05) is 23.1 Å². The summed E-state index contributed by atoms with van der Waals surface area (Å²) in [5.41, 5.74) is 12.8. The van der Waals surface area contributed by atoms with Gasteiger partial charge in [0.2, 0.25) is 0 Å². The lowest BCUT2D eigenvalue weighted by Crippen LogP contribution is -2.44. The van der Waals surface area contributed by atoms with E-state index in [4.69, 9.17) is 20.4 Å². The number of nitrogens with zero attached hydrogens (tertiary/aromatic N) is 6. The topological polar surface area (TPSA) is 97.4 Å². The fraction of sp³-hybridized carbons (Fsp3) is 0.414. The molecule has 0 bridgehead atoms. The number of fused-ring (bicyclic) bond motifs is 1. The summed E-state index contributed by atoms with van der Waals surface area (Å²) in [6.07, 6.45) is 8.34. The molecule has 0 unspecified atom stereocenters. The van der Waals surface area contributed by atoms with Crippen molar-refractivity contribution < 1.29 is 4.74 Å². The molecular weight excluding hydrogens is 476 g/mol. The Balaban J connectivity index is 1.27. The molecule has 2 fully saturated rings. The molecule has 9 nitrogen and oxygen atoms in total. The molecule has 9 heteroatoms. The monoisotopic (exact) mass is 512 g/mol. The Morgan fingerprint density at radius 3 is 2.68 bits per heavy atom. The smallest absolute Gasteiger partial charge is 0.121 e. The van der Waals surface area contributed by atoms with Gasteiger partial charge in [0.15, 0.2) is 0 Å². The van der Waals surface area contributed by atoms with E-state index in [1.165, 1.54) is 12.8 Å². The summed E-state index contributed by atoms with van der Waals surface area (Å²) in [5.74, 6) is 1.52. The van der Waals surface area contributed by atoms with Crippen LogP contribution in [0.2, 0.25) is 0 Å². The summed E-state index contributed by atoms with van der Waals surface area (Å²) >= 11 is 0. The van der Waals surface area contributed by atoms with Gasteiger partial charge in [-0.05, 0) is 54.7 Å². The van der Waals surface area contributed by atoms with E-state index in [0.29, 0.717) is 12.5 Å².